The molecule has 0 atom stereocenters. The average Bonchev–Trinajstić information content (AvgIpc) is 2.99. The van der Waals surface area contributed by atoms with E-state index in [-0.39, 0.29) is 0 Å². The van der Waals surface area contributed by atoms with E-state index in [1.54, 1.807) is 13.1 Å². The summed E-state index contributed by atoms with van der Waals surface area (Å²) in [6.07, 6.45) is -1.63. The number of aromatic nitrogens is 3. The summed E-state index contributed by atoms with van der Waals surface area (Å²) in [5, 5.41) is 2.97. The summed E-state index contributed by atoms with van der Waals surface area (Å²) in [6.45, 7) is 2.20. The largest absolute Gasteiger partial charge is 0.433 e. The van der Waals surface area contributed by atoms with Crippen LogP contribution in [0.3, 0.4) is 0 Å². The Hall–Kier alpha value is -3.36. The van der Waals surface area contributed by atoms with E-state index < -0.39 is 11.9 Å². The van der Waals surface area contributed by atoms with Crippen LogP contribution in [0.4, 0.5) is 42.0 Å². The van der Waals surface area contributed by atoms with Gasteiger partial charge >= 0.3 is 6.18 Å². The maximum absolute atomic E-state index is 12.8. The fourth-order valence-electron chi connectivity index (χ4n) is 3.02. The van der Waals surface area contributed by atoms with Gasteiger partial charge in [0.15, 0.2) is 5.82 Å². The van der Waals surface area contributed by atoms with Gasteiger partial charge in [-0.2, -0.15) is 18.2 Å². The molecule has 0 spiro atoms. The molecule has 3 aromatic rings. The standard InChI is InChI=1S/C19H17F3N6/c1-12-8-16(19(20,21)22)23-9-14(12)25-18-24-10-15-17(26-18)28(11-27(15)2)13-6-4-3-5-7-13/h3-10H,11H2,1-2H3,(H,24,25,26). The van der Waals surface area contributed by atoms with Gasteiger partial charge in [-0.1, -0.05) is 18.2 Å². The van der Waals surface area contributed by atoms with E-state index in [0.717, 1.165) is 29.5 Å². The lowest BCUT2D eigenvalue weighted by atomic mass is 10.2. The second-order valence-electron chi connectivity index (χ2n) is 6.51. The molecular formula is C19H17F3N6. The lowest BCUT2D eigenvalue weighted by molar-refractivity contribution is -0.141. The zero-order chi connectivity index (χ0) is 19.9. The first-order chi connectivity index (χ1) is 13.3. The Bertz CT molecular complexity index is 1010. The molecule has 1 aromatic carbocycles. The first-order valence-corrected chi connectivity index (χ1v) is 8.54. The van der Waals surface area contributed by atoms with Crippen molar-refractivity contribution in [1.82, 2.24) is 15.0 Å². The van der Waals surface area contributed by atoms with E-state index in [9.17, 15) is 13.2 Å². The average molecular weight is 386 g/mol. The number of nitrogens with zero attached hydrogens (tertiary/aromatic N) is 5. The SMILES string of the molecule is Cc1cc(C(F)(F)F)ncc1Nc1ncc2c(n1)N(c1ccccc1)CN2C. The topological polar surface area (TPSA) is 57.2 Å². The van der Waals surface area contributed by atoms with Crippen molar-refractivity contribution in [1.29, 1.82) is 0 Å². The van der Waals surface area contributed by atoms with E-state index >= 15 is 0 Å². The molecule has 1 aliphatic heterocycles. The molecule has 2 aromatic heterocycles. The molecule has 0 bridgehead atoms. The lowest BCUT2D eigenvalue weighted by Crippen LogP contribution is -2.24. The quantitative estimate of drug-likeness (QED) is 0.716. The third kappa shape index (κ3) is 3.30. The Morgan fingerprint density at radius 2 is 1.82 bits per heavy atom. The highest BCUT2D eigenvalue weighted by Crippen LogP contribution is 2.38. The summed E-state index contributed by atoms with van der Waals surface area (Å²) in [5.41, 5.74) is 1.76. The third-order valence-corrected chi connectivity index (χ3v) is 4.49. The van der Waals surface area contributed by atoms with E-state index in [0.29, 0.717) is 23.9 Å². The van der Waals surface area contributed by atoms with Crippen LogP contribution in [0.2, 0.25) is 0 Å². The maximum Gasteiger partial charge on any atom is 0.433 e. The molecule has 9 heteroatoms. The summed E-state index contributed by atoms with van der Waals surface area (Å²) in [6, 6.07) is 10.8. The Kier molecular flexibility index (Phi) is 4.29. The van der Waals surface area contributed by atoms with Crippen LogP contribution in [0, 0.1) is 6.92 Å². The summed E-state index contributed by atoms with van der Waals surface area (Å²) >= 11 is 0. The molecular weight excluding hydrogens is 369 g/mol. The highest BCUT2D eigenvalue weighted by molar-refractivity contribution is 5.79. The molecule has 0 amide bonds. The highest BCUT2D eigenvalue weighted by Gasteiger charge is 2.33. The minimum atomic E-state index is -4.48. The summed E-state index contributed by atoms with van der Waals surface area (Å²) in [5.74, 6) is 1.02. The number of hydrogen-bond donors (Lipinski definition) is 1. The van der Waals surface area contributed by atoms with Crippen molar-refractivity contribution in [2.24, 2.45) is 0 Å². The van der Waals surface area contributed by atoms with Gasteiger partial charge in [0.25, 0.3) is 0 Å². The molecule has 0 unspecified atom stereocenters. The van der Waals surface area contributed by atoms with Gasteiger partial charge in [0.1, 0.15) is 11.4 Å². The fraction of sp³-hybridized carbons (Fsp3) is 0.211. The lowest BCUT2D eigenvalue weighted by Gasteiger charge is -2.18. The van der Waals surface area contributed by atoms with Gasteiger partial charge in [0, 0.05) is 12.7 Å². The van der Waals surface area contributed by atoms with Gasteiger partial charge in [-0.15, -0.1) is 0 Å². The molecule has 6 nitrogen and oxygen atoms in total. The van der Waals surface area contributed by atoms with Crippen LogP contribution in [-0.2, 0) is 6.18 Å². The normalized spacial score (nSPS) is 13.6. The monoisotopic (exact) mass is 386 g/mol. The number of halogens is 3. The van der Waals surface area contributed by atoms with Crippen LogP contribution in [0.5, 0.6) is 0 Å². The predicted octanol–water partition coefficient (Wildman–Crippen LogP) is 4.49. The molecule has 1 N–H and O–H groups in total. The number of alkyl halides is 3. The molecule has 0 saturated heterocycles. The number of pyridine rings is 1. The molecule has 0 fully saturated rings. The van der Waals surface area contributed by atoms with Gasteiger partial charge < -0.3 is 15.1 Å². The number of fused-ring (bicyclic) bond motifs is 1. The van der Waals surface area contributed by atoms with Crippen LogP contribution >= 0.6 is 0 Å². The van der Waals surface area contributed by atoms with E-state index in [1.807, 2.05) is 47.2 Å². The predicted molar refractivity (Wildman–Crippen MR) is 101 cm³/mol. The maximum atomic E-state index is 12.8. The van der Waals surface area contributed by atoms with Crippen LogP contribution in [0.25, 0.3) is 0 Å². The minimum absolute atomic E-state index is 0.291. The zero-order valence-corrected chi connectivity index (χ0v) is 15.2. The molecule has 4 rings (SSSR count). The number of nitrogens with one attached hydrogen (secondary N) is 1. The second-order valence-corrected chi connectivity index (χ2v) is 6.51. The summed E-state index contributed by atoms with van der Waals surface area (Å²) < 4.78 is 38.4. The molecule has 28 heavy (non-hydrogen) atoms. The zero-order valence-electron chi connectivity index (χ0n) is 15.2. The third-order valence-electron chi connectivity index (χ3n) is 4.49. The first kappa shape index (κ1) is 18.0. The number of aryl methyl sites for hydroxylation is 1. The van der Waals surface area contributed by atoms with Crippen LogP contribution in [0.15, 0.2) is 48.8 Å². The molecule has 0 saturated carbocycles. The van der Waals surface area contributed by atoms with Crippen molar-refractivity contribution in [3.8, 4) is 0 Å². The van der Waals surface area contributed by atoms with Crippen molar-refractivity contribution in [2.75, 3.05) is 28.8 Å². The summed E-state index contributed by atoms with van der Waals surface area (Å²) in [4.78, 5) is 16.4. The number of hydrogen-bond acceptors (Lipinski definition) is 6. The van der Waals surface area contributed by atoms with Crippen molar-refractivity contribution >= 4 is 28.8 Å². The van der Waals surface area contributed by atoms with Crippen molar-refractivity contribution in [2.45, 2.75) is 13.1 Å². The molecule has 3 heterocycles. The van der Waals surface area contributed by atoms with Crippen molar-refractivity contribution in [3.05, 3.63) is 60.0 Å². The van der Waals surface area contributed by atoms with Crippen molar-refractivity contribution < 1.29 is 13.2 Å². The summed E-state index contributed by atoms with van der Waals surface area (Å²) in [7, 11) is 1.95. The Morgan fingerprint density at radius 1 is 1.07 bits per heavy atom. The molecule has 1 aliphatic rings. The fourth-order valence-corrected chi connectivity index (χ4v) is 3.02. The van der Waals surface area contributed by atoms with Gasteiger partial charge in [-0.3, -0.25) is 0 Å². The molecule has 0 aliphatic carbocycles. The van der Waals surface area contributed by atoms with E-state index in [1.165, 1.54) is 0 Å². The van der Waals surface area contributed by atoms with Gasteiger partial charge in [0.05, 0.1) is 24.7 Å². The number of rotatable bonds is 3. The minimum Gasteiger partial charge on any atom is -0.352 e. The molecule has 0 radical (unpaired) electrons. The number of anilines is 5. The van der Waals surface area contributed by atoms with Gasteiger partial charge in [0.2, 0.25) is 5.95 Å². The Labute approximate surface area is 159 Å². The number of para-hydroxylation sites is 1. The molecule has 144 valence electrons. The first-order valence-electron chi connectivity index (χ1n) is 8.54. The second kappa shape index (κ2) is 6.66. The van der Waals surface area contributed by atoms with Crippen LogP contribution in [-0.4, -0.2) is 28.7 Å². The van der Waals surface area contributed by atoms with Gasteiger partial charge in [-0.05, 0) is 30.7 Å². The highest BCUT2D eigenvalue weighted by atomic mass is 19.4. The van der Waals surface area contributed by atoms with E-state index in [2.05, 4.69) is 20.3 Å². The van der Waals surface area contributed by atoms with Gasteiger partial charge in [-0.25, -0.2) is 9.97 Å². The van der Waals surface area contributed by atoms with Crippen molar-refractivity contribution in [3.63, 3.8) is 0 Å². The smallest absolute Gasteiger partial charge is 0.352 e. The van der Waals surface area contributed by atoms with Crippen LogP contribution in [0.1, 0.15) is 11.3 Å². The Balaban J connectivity index is 1.65. The van der Waals surface area contributed by atoms with Crippen LogP contribution < -0.4 is 15.1 Å². The number of benzene rings is 1. The Morgan fingerprint density at radius 3 is 2.50 bits per heavy atom. The van der Waals surface area contributed by atoms with E-state index in [4.69, 9.17) is 0 Å².